The fourth-order valence-corrected chi connectivity index (χ4v) is 4.24. The number of piperazine rings is 1. The highest BCUT2D eigenvalue weighted by atomic mass is 16.6. The summed E-state index contributed by atoms with van der Waals surface area (Å²) in [6, 6.07) is 12.7. The second-order valence-corrected chi connectivity index (χ2v) is 7.67. The van der Waals surface area contributed by atoms with Crippen LogP contribution in [-0.4, -0.2) is 84.3 Å². The molecule has 0 saturated carbocycles. The number of fused-ring (bicyclic) bond motifs is 3. The van der Waals surface area contributed by atoms with Gasteiger partial charge in [0.1, 0.15) is 12.7 Å². The van der Waals surface area contributed by atoms with E-state index in [0.717, 1.165) is 51.3 Å². The molecule has 0 amide bonds. The Morgan fingerprint density at radius 3 is 2.61 bits per heavy atom. The van der Waals surface area contributed by atoms with E-state index >= 15 is 0 Å². The predicted octanol–water partition coefficient (Wildman–Crippen LogP) is 1.48. The Labute approximate surface area is 166 Å². The number of β-amino-alcohol motifs (C(OH)–C–C–N with tert-alkyl or cyclic N) is 2. The lowest BCUT2D eigenvalue weighted by molar-refractivity contribution is 0.00781. The van der Waals surface area contributed by atoms with Gasteiger partial charge in [-0.3, -0.25) is 9.80 Å². The minimum atomic E-state index is -0.550. The number of aliphatic hydroxyl groups is 2. The monoisotopic (exact) mass is 383 g/mol. The summed E-state index contributed by atoms with van der Waals surface area (Å²) in [5, 5.41) is 26.2. The topological polar surface area (TPSA) is 68.5 Å². The van der Waals surface area contributed by atoms with Crippen LogP contribution in [0.2, 0.25) is 0 Å². The van der Waals surface area contributed by atoms with Gasteiger partial charge in [0.05, 0.1) is 12.3 Å². The molecule has 28 heavy (non-hydrogen) atoms. The molecule has 1 unspecified atom stereocenters. The van der Waals surface area contributed by atoms with Crippen molar-refractivity contribution in [3.8, 4) is 0 Å². The molecule has 1 saturated heterocycles. The van der Waals surface area contributed by atoms with E-state index in [1.807, 2.05) is 0 Å². The Morgan fingerprint density at radius 2 is 1.79 bits per heavy atom. The van der Waals surface area contributed by atoms with Crippen LogP contribution in [0.25, 0.3) is 10.8 Å². The molecular weight excluding hydrogens is 354 g/mol. The van der Waals surface area contributed by atoms with Gasteiger partial charge in [0.15, 0.2) is 0 Å². The number of aryl methyl sites for hydroxylation is 1. The molecule has 2 aliphatic rings. The third-order valence-electron chi connectivity index (χ3n) is 5.76. The van der Waals surface area contributed by atoms with E-state index in [4.69, 9.17) is 9.94 Å². The van der Waals surface area contributed by atoms with Crippen molar-refractivity contribution in [2.24, 2.45) is 5.16 Å². The van der Waals surface area contributed by atoms with E-state index in [1.54, 1.807) is 0 Å². The molecule has 6 nitrogen and oxygen atoms in total. The molecule has 1 aliphatic heterocycles. The van der Waals surface area contributed by atoms with Crippen LogP contribution in [0.1, 0.15) is 17.5 Å². The number of hydrogen-bond acceptors (Lipinski definition) is 6. The Hall–Kier alpha value is -1.99. The van der Waals surface area contributed by atoms with E-state index in [2.05, 4.69) is 51.4 Å². The van der Waals surface area contributed by atoms with Crippen LogP contribution in [0, 0.1) is 0 Å². The van der Waals surface area contributed by atoms with E-state index in [9.17, 15) is 5.11 Å². The van der Waals surface area contributed by atoms with Crippen LogP contribution in [0.15, 0.2) is 41.6 Å². The summed E-state index contributed by atoms with van der Waals surface area (Å²) < 4.78 is 0. The van der Waals surface area contributed by atoms with Crippen molar-refractivity contribution in [1.82, 2.24) is 9.80 Å². The van der Waals surface area contributed by atoms with Gasteiger partial charge in [-0.15, -0.1) is 0 Å². The summed E-state index contributed by atoms with van der Waals surface area (Å²) in [4.78, 5) is 10.0. The van der Waals surface area contributed by atoms with E-state index in [-0.39, 0.29) is 13.2 Å². The highest BCUT2D eigenvalue weighted by Crippen LogP contribution is 2.30. The predicted molar refractivity (Wildman–Crippen MR) is 111 cm³/mol. The van der Waals surface area contributed by atoms with Gasteiger partial charge in [-0.25, -0.2) is 0 Å². The fraction of sp³-hybridized carbons (Fsp3) is 0.500. The number of benzene rings is 2. The molecule has 0 aromatic heterocycles. The Morgan fingerprint density at radius 1 is 1.00 bits per heavy atom. The summed E-state index contributed by atoms with van der Waals surface area (Å²) in [6.07, 6.45) is 1.32. The molecule has 0 spiro atoms. The maximum absolute atomic E-state index is 10.3. The molecule has 150 valence electrons. The van der Waals surface area contributed by atoms with Crippen LogP contribution in [0.3, 0.4) is 0 Å². The zero-order valence-electron chi connectivity index (χ0n) is 16.3. The Balaban J connectivity index is 1.29. The van der Waals surface area contributed by atoms with Gasteiger partial charge in [0.25, 0.3) is 0 Å². The van der Waals surface area contributed by atoms with Crippen LogP contribution in [0.4, 0.5) is 0 Å². The number of oxime groups is 1. The summed E-state index contributed by atoms with van der Waals surface area (Å²) in [5.74, 6) is 0. The molecule has 4 rings (SSSR count). The van der Waals surface area contributed by atoms with Crippen molar-refractivity contribution in [2.45, 2.75) is 18.9 Å². The average molecular weight is 383 g/mol. The normalized spacial score (nSPS) is 20.6. The first-order chi connectivity index (χ1) is 13.7. The SMILES string of the molecule is OCCN1CCN(CC(O)CO/N=C2\CCc3c2ccc2ccccc32)CC1. The smallest absolute Gasteiger partial charge is 0.144 e. The molecule has 6 heteroatoms. The minimum absolute atomic E-state index is 0.204. The van der Waals surface area contributed by atoms with E-state index in [0.29, 0.717) is 6.54 Å². The van der Waals surface area contributed by atoms with Crippen molar-refractivity contribution in [3.63, 3.8) is 0 Å². The number of rotatable bonds is 7. The quantitative estimate of drug-likeness (QED) is 0.709. The first-order valence-electron chi connectivity index (χ1n) is 10.2. The average Bonchev–Trinajstić information content (AvgIpc) is 3.13. The van der Waals surface area contributed by atoms with Gasteiger partial charge < -0.3 is 15.1 Å². The van der Waals surface area contributed by atoms with Crippen molar-refractivity contribution in [2.75, 3.05) is 52.5 Å². The molecule has 2 aromatic carbocycles. The summed E-state index contributed by atoms with van der Waals surface area (Å²) in [7, 11) is 0. The second kappa shape index (κ2) is 9.01. The first kappa shape index (κ1) is 19.3. The van der Waals surface area contributed by atoms with Crippen molar-refractivity contribution in [1.29, 1.82) is 0 Å². The van der Waals surface area contributed by atoms with Gasteiger partial charge in [0.2, 0.25) is 0 Å². The van der Waals surface area contributed by atoms with Crippen LogP contribution in [-0.2, 0) is 11.3 Å². The molecule has 1 atom stereocenters. The third kappa shape index (κ3) is 4.36. The molecule has 1 fully saturated rings. The van der Waals surface area contributed by atoms with Crippen LogP contribution >= 0.6 is 0 Å². The lowest BCUT2D eigenvalue weighted by Gasteiger charge is -2.35. The van der Waals surface area contributed by atoms with Crippen molar-refractivity contribution in [3.05, 3.63) is 47.5 Å². The number of nitrogens with zero attached hydrogens (tertiary/aromatic N) is 3. The number of hydrogen-bond donors (Lipinski definition) is 2. The molecule has 1 heterocycles. The third-order valence-corrected chi connectivity index (χ3v) is 5.76. The molecule has 1 aliphatic carbocycles. The first-order valence-corrected chi connectivity index (χ1v) is 10.2. The Kier molecular flexibility index (Phi) is 6.22. The highest BCUT2D eigenvalue weighted by Gasteiger charge is 2.21. The molecule has 2 aromatic rings. The Bertz CT molecular complexity index is 831. The van der Waals surface area contributed by atoms with Gasteiger partial charge in [-0.1, -0.05) is 41.6 Å². The molecule has 0 radical (unpaired) electrons. The van der Waals surface area contributed by atoms with E-state index < -0.39 is 6.10 Å². The maximum Gasteiger partial charge on any atom is 0.144 e. The van der Waals surface area contributed by atoms with Crippen LogP contribution < -0.4 is 0 Å². The number of aliphatic hydroxyl groups excluding tert-OH is 2. The zero-order valence-corrected chi connectivity index (χ0v) is 16.3. The molecule has 0 bridgehead atoms. The molecular formula is C22H29N3O3. The van der Waals surface area contributed by atoms with Crippen LogP contribution in [0.5, 0.6) is 0 Å². The second-order valence-electron chi connectivity index (χ2n) is 7.67. The van der Waals surface area contributed by atoms with Gasteiger partial charge in [-0.2, -0.15) is 0 Å². The van der Waals surface area contributed by atoms with E-state index in [1.165, 1.54) is 21.9 Å². The lowest BCUT2D eigenvalue weighted by Crippen LogP contribution is -2.49. The van der Waals surface area contributed by atoms with Crippen molar-refractivity contribution >= 4 is 16.5 Å². The van der Waals surface area contributed by atoms with Gasteiger partial charge in [-0.05, 0) is 29.2 Å². The minimum Gasteiger partial charge on any atom is -0.395 e. The largest absolute Gasteiger partial charge is 0.395 e. The summed E-state index contributed by atoms with van der Waals surface area (Å²) >= 11 is 0. The zero-order chi connectivity index (χ0) is 19.3. The molecule has 2 N–H and O–H groups in total. The maximum atomic E-state index is 10.3. The van der Waals surface area contributed by atoms with Gasteiger partial charge >= 0.3 is 0 Å². The fourth-order valence-electron chi connectivity index (χ4n) is 4.24. The van der Waals surface area contributed by atoms with Crippen molar-refractivity contribution < 1.29 is 15.1 Å². The highest BCUT2D eigenvalue weighted by molar-refractivity contribution is 6.08. The van der Waals surface area contributed by atoms with Gasteiger partial charge in [0, 0.05) is 44.8 Å². The summed E-state index contributed by atoms with van der Waals surface area (Å²) in [6.45, 7) is 5.42. The summed E-state index contributed by atoms with van der Waals surface area (Å²) in [5.41, 5.74) is 3.50. The standard InChI is InChI=1S/C22H29N3O3/c26-14-13-24-9-11-25(12-10-24)15-18(27)16-28-23-22-8-7-20-19-4-2-1-3-17(19)5-6-21(20)22/h1-6,18,26-27H,7-16H2/b23-22+. The lowest BCUT2D eigenvalue weighted by atomic mass is 10.0.